The molecule has 0 heterocycles. The molecule has 0 spiro atoms. The molecule has 1 aliphatic carbocycles. The summed E-state index contributed by atoms with van der Waals surface area (Å²) >= 11 is 0. The van der Waals surface area contributed by atoms with Gasteiger partial charge in [0.15, 0.2) is 5.78 Å². The number of ketones is 1. The van der Waals surface area contributed by atoms with E-state index in [1.165, 1.54) is 7.11 Å². The number of Topliss-reactive ketones (excluding diaryl/α,β-unsaturated/α-hetero) is 1. The second-order valence-electron chi connectivity index (χ2n) is 3.83. The highest BCUT2D eigenvalue weighted by Gasteiger charge is 2.36. The topological polar surface area (TPSA) is 50.1 Å². The SMILES string of the molecule is COC1=C(C#N)C(=O)C(C)(C)CC1. The number of allylic oxidation sites excluding steroid dienone is 2. The van der Waals surface area contributed by atoms with E-state index in [4.69, 9.17) is 10.00 Å². The van der Waals surface area contributed by atoms with Crippen LogP contribution in [0.4, 0.5) is 0 Å². The van der Waals surface area contributed by atoms with Crippen LogP contribution in [0, 0.1) is 16.7 Å². The van der Waals surface area contributed by atoms with Gasteiger partial charge in [-0.3, -0.25) is 4.79 Å². The van der Waals surface area contributed by atoms with Crippen LogP contribution in [-0.4, -0.2) is 12.9 Å². The average molecular weight is 179 g/mol. The zero-order valence-electron chi connectivity index (χ0n) is 8.18. The van der Waals surface area contributed by atoms with Crippen LogP contribution in [0.2, 0.25) is 0 Å². The first-order valence-corrected chi connectivity index (χ1v) is 4.25. The second kappa shape index (κ2) is 3.21. The smallest absolute Gasteiger partial charge is 0.182 e. The number of carbonyl (C=O) groups excluding carboxylic acids is 1. The molecule has 0 saturated heterocycles. The summed E-state index contributed by atoms with van der Waals surface area (Å²) in [5.74, 6) is 0.435. The first-order valence-electron chi connectivity index (χ1n) is 4.25. The molecule has 0 aromatic heterocycles. The summed E-state index contributed by atoms with van der Waals surface area (Å²) in [5, 5.41) is 8.79. The Morgan fingerprint density at radius 1 is 1.54 bits per heavy atom. The van der Waals surface area contributed by atoms with Crippen LogP contribution < -0.4 is 0 Å². The highest BCUT2D eigenvalue weighted by Crippen LogP contribution is 2.35. The first kappa shape index (κ1) is 9.79. The number of hydrogen-bond acceptors (Lipinski definition) is 3. The van der Waals surface area contributed by atoms with E-state index in [-0.39, 0.29) is 11.4 Å². The van der Waals surface area contributed by atoms with E-state index in [0.29, 0.717) is 12.2 Å². The number of methoxy groups -OCH3 is 1. The number of hydrogen-bond donors (Lipinski definition) is 0. The highest BCUT2D eigenvalue weighted by atomic mass is 16.5. The van der Waals surface area contributed by atoms with Crippen LogP contribution in [-0.2, 0) is 9.53 Å². The predicted molar refractivity (Wildman–Crippen MR) is 47.7 cm³/mol. The number of carbonyl (C=O) groups is 1. The van der Waals surface area contributed by atoms with E-state index in [0.717, 1.165) is 6.42 Å². The third-order valence-corrected chi connectivity index (χ3v) is 2.46. The van der Waals surface area contributed by atoms with Crippen molar-refractivity contribution in [2.24, 2.45) is 5.41 Å². The van der Waals surface area contributed by atoms with Gasteiger partial charge in [0.25, 0.3) is 0 Å². The molecule has 0 amide bonds. The molecule has 70 valence electrons. The van der Waals surface area contributed by atoms with Crippen molar-refractivity contribution in [1.29, 1.82) is 5.26 Å². The van der Waals surface area contributed by atoms with Crippen molar-refractivity contribution in [1.82, 2.24) is 0 Å². The predicted octanol–water partition coefficient (Wildman–Crippen LogP) is 1.80. The molecule has 1 rings (SSSR count). The molecule has 0 unspecified atom stereocenters. The fourth-order valence-electron chi connectivity index (χ4n) is 1.45. The molecule has 1 aliphatic rings. The zero-order valence-corrected chi connectivity index (χ0v) is 8.18. The van der Waals surface area contributed by atoms with E-state index in [9.17, 15) is 4.79 Å². The van der Waals surface area contributed by atoms with Crippen molar-refractivity contribution >= 4 is 5.78 Å². The lowest BCUT2D eigenvalue weighted by Crippen LogP contribution is -2.30. The van der Waals surface area contributed by atoms with E-state index in [2.05, 4.69) is 0 Å². The van der Waals surface area contributed by atoms with E-state index < -0.39 is 5.41 Å². The average Bonchev–Trinajstić information content (AvgIpc) is 2.09. The third-order valence-electron chi connectivity index (χ3n) is 2.46. The standard InChI is InChI=1S/C10H13NO2/c1-10(2)5-4-8(13-3)7(6-11)9(10)12/h4-5H2,1-3H3. The maximum absolute atomic E-state index is 11.7. The minimum absolute atomic E-state index is 0.0990. The Morgan fingerprint density at radius 3 is 2.62 bits per heavy atom. The molecule has 3 nitrogen and oxygen atoms in total. The van der Waals surface area contributed by atoms with Crippen LogP contribution in [0.1, 0.15) is 26.7 Å². The Morgan fingerprint density at radius 2 is 2.15 bits per heavy atom. The van der Waals surface area contributed by atoms with Gasteiger partial charge in [0.2, 0.25) is 0 Å². The monoisotopic (exact) mass is 179 g/mol. The summed E-state index contributed by atoms with van der Waals surface area (Å²) < 4.78 is 4.99. The summed E-state index contributed by atoms with van der Waals surface area (Å²) in [5.41, 5.74) is -0.216. The summed E-state index contributed by atoms with van der Waals surface area (Å²) in [7, 11) is 1.50. The number of nitriles is 1. The first-order chi connectivity index (χ1) is 6.03. The van der Waals surface area contributed by atoms with E-state index >= 15 is 0 Å². The van der Waals surface area contributed by atoms with Gasteiger partial charge < -0.3 is 4.74 Å². The molecule has 0 N–H and O–H groups in total. The Labute approximate surface area is 78.0 Å². The van der Waals surface area contributed by atoms with Crippen LogP contribution >= 0.6 is 0 Å². The second-order valence-corrected chi connectivity index (χ2v) is 3.83. The Hall–Kier alpha value is -1.30. The molecule has 0 bridgehead atoms. The van der Waals surface area contributed by atoms with Gasteiger partial charge in [-0.2, -0.15) is 5.26 Å². The van der Waals surface area contributed by atoms with Crippen molar-refractivity contribution in [3.8, 4) is 6.07 Å². The lowest BCUT2D eigenvalue weighted by Gasteiger charge is -2.28. The lowest BCUT2D eigenvalue weighted by molar-refractivity contribution is -0.124. The molecule has 0 radical (unpaired) electrons. The number of ether oxygens (including phenoxy) is 1. The fourth-order valence-corrected chi connectivity index (χ4v) is 1.45. The van der Waals surface area contributed by atoms with Gasteiger partial charge in [-0.05, 0) is 6.42 Å². The molecule has 13 heavy (non-hydrogen) atoms. The minimum atomic E-state index is -0.410. The molecule has 0 fully saturated rings. The Kier molecular flexibility index (Phi) is 2.42. The number of nitrogens with zero attached hydrogens (tertiary/aromatic N) is 1. The molecule has 0 aromatic rings. The zero-order chi connectivity index (χ0) is 10.1. The lowest BCUT2D eigenvalue weighted by atomic mass is 9.75. The van der Waals surface area contributed by atoms with E-state index in [1.807, 2.05) is 19.9 Å². The molecular formula is C10H13NO2. The van der Waals surface area contributed by atoms with Gasteiger partial charge in [-0.15, -0.1) is 0 Å². The quantitative estimate of drug-likeness (QED) is 0.616. The molecule has 0 saturated carbocycles. The maximum Gasteiger partial charge on any atom is 0.182 e. The maximum atomic E-state index is 11.7. The highest BCUT2D eigenvalue weighted by molar-refractivity contribution is 6.03. The van der Waals surface area contributed by atoms with Crippen LogP contribution in [0.25, 0.3) is 0 Å². The van der Waals surface area contributed by atoms with Gasteiger partial charge in [0.05, 0.1) is 7.11 Å². The summed E-state index contributed by atoms with van der Waals surface area (Å²) in [6.45, 7) is 3.72. The van der Waals surface area contributed by atoms with Gasteiger partial charge in [-0.25, -0.2) is 0 Å². The minimum Gasteiger partial charge on any atom is -0.500 e. The van der Waals surface area contributed by atoms with Gasteiger partial charge in [-0.1, -0.05) is 13.8 Å². The molecule has 3 heteroatoms. The van der Waals surface area contributed by atoms with Crippen molar-refractivity contribution in [2.75, 3.05) is 7.11 Å². The summed E-state index contributed by atoms with van der Waals surface area (Å²) in [6, 6.07) is 1.92. The molecule has 0 atom stereocenters. The van der Waals surface area contributed by atoms with Gasteiger partial charge in [0, 0.05) is 11.8 Å². The fraction of sp³-hybridized carbons (Fsp3) is 0.600. The van der Waals surface area contributed by atoms with E-state index in [1.54, 1.807) is 0 Å². The van der Waals surface area contributed by atoms with Crippen molar-refractivity contribution in [3.63, 3.8) is 0 Å². The summed E-state index contributed by atoms with van der Waals surface area (Å²) in [6.07, 6.45) is 1.43. The third kappa shape index (κ3) is 1.57. The van der Waals surface area contributed by atoms with Gasteiger partial charge in [0.1, 0.15) is 17.4 Å². The van der Waals surface area contributed by atoms with Crippen molar-refractivity contribution < 1.29 is 9.53 Å². The Bertz CT molecular complexity index is 307. The van der Waals surface area contributed by atoms with Crippen LogP contribution in [0.3, 0.4) is 0 Å². The van der Waals surface area contributed by atoms with Gasteiger partial charge >= 0.3 is 0 Å². The summed E-state index contributed by atoms with van der Waals surface area (Å²) in [4.78, 5) is 11.7. The van der Waals surface area contributed by atoms with Crippen LogP contribution in [0.5, 0.6) is 0 Å². The van der Waals surface area contributed by atoms with Crippen molar-refractivity contribution in [3.05, 3.63) is 11.3 Å². The molecular weight excluding hydrogens is 166 g/mol. The molecule has 0 aliphatic heterocycles. The Balaban J connectivity index is 3.12. The molecule has 0 aromatic carbocycles. The normalized spacial score (nSPS) is 21.2. The largest absolute Gasteiger partial charge is 0.500 e. The van der Waals surface area contributed by atoms with Crippen LogP contribution in [0.15, 0.2) is 11.3 Å². The van der Waals surface area contributed by atoms with Crippen molar-refractivity contribution in [2.45, 2.75) is 26.7 Å². The number of rotatable bonds is 1.